The van der Waals surface area contributed by atoms with Gasteiger partial charge in [-0.05, 0) is 35.2 Å². The molecule has 1 heterocycles. The number of benzene rings is 2. The largest absolute Gasteiger partial charge is 0.477 e. The van der Waals surface area contributed by atoms with Gasteiger partial charge in [0.25, 0.3) is 5.91 Å². The van der Waals surface area contributed by atoms with E-state index in [1.165, 1.54) is 41.7 Å². The van der Waals surface area contributed by atoms with Gasteiger partial charge >= 0.3 is 5.69 Å². The van der Waals surface area contributed by atoms with E-state index in [2.05, 4.69) is 5.32 Å². The SMILES string of the molecule is O=C(COc1ccccc1[N+](=O)[O-])N[C@@H](c1ccc(F)cc1)c1cccs1. The fourth-order valence-electron chi connectivity index (χ4n) is 2.51. The van der Waals surface area contributed by atoms with E-state index in [0.29, 0.717) is 0 Å². The predicted octanol–water partition coefficient (Wildman–Crippen LogP) is 4.08. The molecule has 2 aromatic carbocycles. The van der Waals surface area contributed by atoms with Crippen LogP contribution < -0.4 is 10.1 Å². The number of hydrogen-bond acceptors (Lipinski definition) is 5. The third kappa shape index (κ3) is 4.68. The van der Waals surface area contributed by atoms with Crippen LogP contribution in [0.25, 0.3) is 0 Å². The van der Waals surface area contributed by atoms with Crippen molar-refractivity contribution in [1.29, 1.82) is 0 Å². The summed E-state index contributed by atoms with van der Waals surface area (Å²) in [7, 11) is 0. The topological polar surface area (TPSA) is 81.5 Å². The normalized spacial score (nSPS) is 11.6. The number of nitro groups is 1. The van der Waals surface area contributed by atoms with Gasteiger partial charge in [0.15, 0.2) is 12.4 Å². The first-order valence-electron chi connectivity index (χ1n) is 7.99. The zero-order valence-electron chi connectivity index (χ0n) is 14.0. The first-order chi connectivity index (χ1) is 13.0. The Bertz CT molecular complexity index is 929. The quantitative estimate of drug-likeness (QED) is 0.490. The van der Waals surface area contributed by atoms with Crippen LogP contribution in [0.2, 0.25) is 0 Å². The lowest BCUT2D eigenvalue weighted by molar-refractivity contribution is -0.385. The molecule has 1 aromatic heterocycles. The van der Waals surface area contributed by atoms with Gasteiger partial charge in [0, 0.05) is 10.9 Å². The molecule has 0 aliphatic heterocycles. The molecular formula is C19H15FN2O4S. The Balaban J connectivity index is 1.72. The van der Waals surface area contributed by atoms with E-state index in [-0.39, 0.29) is 23.9 Å². The highest BCUT2D eigenvalue weighted by Crippen LogP contribution is 2.27. The Labute approximate surface area is 158 Å². The fourth-order valence-corrected chi connectivity index (χ4v) is 3.31. The summed E-state index contributed by atoms with van der Waals surface area (Å²) in [5, 5.41) is 15.7. The molecule has 27 heavy (non-hydrogen) atoms. The third-order valence-electron chi connectivity index (χ3n) is 3.76. The van der Waals surface area contributed by atoms with Gasteiger partial charge in [-0.2, -0.15) is 0 Å². The van der Waals surface area contributed by atoms with Crippen LogP contribution in [0.3, 0.4) is 0 Å². The monoisotopic (exact) mass is 386 g/mol. The second kappa shape index (κ2) is 8.41. The maximum Gasteiger partial charge on any atom is 0.310 e. The average Bonchev–Trinajstić information content (AvgIpc) is 3.20. The molecule has 0 bridgehead atoms. The summed E-state index contributed by atoms with van der Waals surface area (Å²) in [5.74, 6) is -0.794. The van der Waals surface area contributed by atoms with Gasteiger partial charge in [0.2, 0.25) is 0 Å². The van der Waals surface area contributed by atoms with Crippen molar-refractivity contribution in [1.82, 2.24) is 5.32 Å². The van der Waals surface area contributed by atoms with Gasteiger partial charge in [0.1, 0.15) is 5.82 Å². The Hall–Kier alpha value is -3.26. The van der Waals surface area contributed by atoms with Crippen LogP contribution in [-0.2, 0) is 4.79 Å². The number of ether oxygens (including phenoxy) is 1. The van der Waals surface area contributed by atoms with Crippen molar-refractivity contribution in [3.05, 3.63) is 92.4 Å². The predicted molar refractivity (Wildman–Crippen MR) is 99.3 cm³/mol. The van der Waals surface area contributed by atoms with E-state index in [0.717, 1.165) is 10.4 Å². The van der Waals surface area contributed by atoms with Crippen LogP contribution >= 0.6 is 11.3 Å². The minimum atomic E-state index is -0.569. The number of amides is 1. The number of para-hydroxylation sites is 2. The summed E-state index contributed by atoms with van der Waals surface area (Å²) in [6.45, 7) is -0.381. The summed E-state index contributed by atoms with van der Waals surface area (Å²) < 4.78 is 18.5. The van der Waals surface area contributed by atoms with E-state index >= 15 is 0 Å². The molecule has 1 amide bonds. The maximum atomic E-state index is 13.2. The lowest BCUT2D eigenvalue weighted by Crippen LogP contribution is -2.33. The molecule has 0 spiro atoms. The minimum absolute atomic E-state index is 0.0205. The standard InChI is InChI=1S/C19H15FN2O4S/c20-14-9-7-13(8-10-14)19(17-6-3-11-27-17)21-18(23)12-26-16-5-2-1-4-15(16)22(24)25/h1-11,19H,12H2,(H,21,23)/t19-/m0/s1. The molecule has 0 unspecified atom stereocenters. The number of carbonyl (C=O) groups is 1. The summed E-state index contributed by atoms with van der Waals surface area (Å²) in [6, 6.07) is 15.0. The molecule has 3 rings (SSSR count). The molecule has 0 aliphatic carbocycles. The smallest absolute Gasteiger partial charge is 0.310 e. The Kier molecular flexibility index (Phi) is 5.77. The highest BCUT2D eigenvalue weighted by atomic mass is 32.1. The lowest BCUT2D eigenvalue weighted by Gasteiger charge is -2.18. The molecule has 0 fully saturated rings. The molecule has 6 nitrogen and oxygen atoms in total. The van der Waals surface area contributed by atoms with Crippen molar-refractivity contribution < 1.29 is 18.8 Å². The van der Waals surface area contributed by atoms with E-state index in [1.54, 1.807) is 18.2 Å². The summed E-state index contributed by atoms with van der Waals surface area (Å²) in [4.78, 5) is 23.7. The minimum Gasteiger partial charge on any atom is -0.477 e. The molecule has 1 atom stereocenters. The number of carbonyl (C=O) groups excluding carboxylic acids is 1. The maximum absolute atomic E-state index is 13.2. The molecule has 138 valence electrons. The van der Waals surface area contributed by atoms with Gasteiger partial charge in [0.05, 0.1) is 11.0 Å². The van der Waals surface area contributed by atoms with Crippen molar-refractivity contribution in [3.8, 4) is 5.75 Å². The summed E-state index contributed by atoms with van der Waals surface area (Å²) in [5.41, 5.74) is 0.511. The van der Waals surface area contributed by atoms with E-state index in [4.69, 9.17) is 4.74 Å². The molecule has 0 saturated carbocycles. The van der Waals surface area contributed by atoms with Gasteiger partial charge < -0.3 is 10.1 Å². The third-order valence-corrected chi connectivity index (χ3v) is 4.69. The number of halogens is 1. The first-order valence-corrected chi connectivity index (χ1v) is 8.87. The number of rotatable bonds is 7. The van der Waals surface area contributed by atoms with E-state index in [9.17, 15) is 19.3 Å². The van der Waals surface area contributed by atoms with Crippen LogP contribution in [0.1, 0.15) is 16.5 Å². The van der Waals surface area contributed by atoms with Crippen molar-refractivity contribution in [2.24, 2.45) is 0 Å². The van der Waals surface area contributed by atoms with Crippen LogP contribution in [0.4, 0.5) is 10.1 Å². The zero-order valence-corrected chi connectivity index (χ0v) is 14.8. The van der Waals surface area contributed by atoms with Crippen LogP contribution in [-0.4, -0.2) is 17.4 Å². The van der Waals surface area contributed by atoms with Gasteiger partial charge in [-0.3, -0.25) is 14.9 Å². The van der Waals surface area contributed by atoms with Crippen LogP contribution in [0.15, 0.2) is 66.0 Å². The summed E-state index contributed by atoms with van der Waals surface area (Å²) >= 11 is 1.45. The number of hydrogen-bond donors (Lipinski definition) is 1. The van der Waals surface area contributed by atoms with E-state index in [1.807, 2.05) is 17.5 Å². The zero-order chi connectivity index (χ0) is 19.2. The second-order valence-electron chi connectivity index (χ2n) is 5.58. The number of thiophene rings is 1. The Morgan fingerprint density at radius 1 is 1.15 bits per heavy atom. The molecular weight excluding hydrogens is 371 g/mol. The highest BCUT2D eigenvalue weighted by molar-refractivity contribution is 7.10. The molecule has 1 N–H and O–H groups in total. The Morgan fingerprint density at radius 2 is 1.89 bits per heavy atom. The number of nitrogens with one attached hydrogen (secondary N) is 1. The Morgan fingerprint density at radius 3 is 2.56 bits per heavy atom. The second-order valence-corrected chi connectivity index (χ2v) is 6.56. The van der Waals surface area contributed by atoms with Crippen LogP contribution in [0, 0.1) is 15.9 Å². The van der Waals surface area contributed by atoms with Crippen molar-refractivity contribution in [3.63, 3.8) is 0 Å². The van der Waals surface area contributed by atoms with Crippen LogP contribution in [0.5, 0.6) is 5.75 Å². The molecule has 0 saturated heterocycles. The molecule has 3 aromatic rings. The fraction of sp³-hybridized carbons (Fsp3) is 0.105. The van der Waals surface area contributed by atoms with Crippen molar-refractivity contribution in [2.75, 3.05) is 6.61 Å². The van der Waals surface area contributed by atoms with Gasteiger partial charge in [-0.1, -0.05) is 30.3 Å². The highest BCUT2D eigenvalue weighted by Gasteiger charge is 2.20. The summed E-state index contributed by atoms with van der Waals surface area (Å²) in [6.07, 6.45) is 0. The molecule has 0 aliphatic rings. The average molecular weight is 386 g/mol. The van der Waals surface area contributed by atoms with Crippen molar-refractivity contribution >= 4 is 22.9 Å². The van der Waals surface area contributed by atoms with Gasteiger partial charge in [-0.25, -0.2) is 4.39 Å². The number of nitro benzene ring substituents is 1. The van der Waals surface area contributed by atoms with Gasteiger partial charge in [-0.15, -0.1) is 11.3 Å². The lowest BCUT2D eigenvalue weighted by atomic mass is 10.1. The molecule has 8 heteroatoms. The number of nitrogens with zero attached hydrogens (tertiary/aromatic N) is 1. The van der Waals surface area contributed by atoms with Crippen molar-refractivity contribution in [2.45, 2.75) is 6.04 Å². The first kappa shape index (κ1) is 18.5. The van der Waals surface area contributed by atoms with E-state index < -0.39 is 16.9 Å². The molecule has 0 radical (unpaired) electrons.